The first-order valence-electron chi connectivity index (χ1n) is 9.80. The molecule has 1 rings (SSSR count). The van der Waals surface area contributed by atoms with Gasteiger partial charge in [-0.05, 0) is 41.0 Å². The summed E-state index contributed by atoms with van der Waals surface area (Å²) in [5, 5.41) is 10.1. The predicted octanol–water partition coefficient (Wildman–Crippen LogP) is 3.17. The van der Waals surface area contributed by atoms with E-state index in [0.29, 0.717) is 42.6 Å². The number of aliphatic imine (C=N–C) groups is 1. The zero-order chi connectivity index (χ0) is 21.1. The van der Waals surface area contributed by atoms with Gasteiger partial charge >= 0.3 is 5.97 Å². The van der Waals surface area contributed by atoms with E-state index >= 15 is 0 Å². The first-order valence-corrected chi connectivity index (χ1v) is 10.6. The van der Waals surface area contributed by atoms with Crippen LogP contribution < -0.4 is 16.0 Å². The van der Waals surface area contributed by atoms with Crippen LogP contribution in [-0.4, -0.2) is 48.6 Å². The van der Waals surface area contributed by atoms with Crippen molar-refractivity contribution in [2.75, 3.05) is 19.7 Å². The molecule has 0 aliphatic rings. The van der Waals surface area contributed by atoms with Crippen molar-refractivity contribution in [3.63, 3.8) is 0 Å². The number of halogens is 1. The molecule has 29 heavy (non-hydrogen) atoms. The Morgan fingerprint density at radius 1 is 1.21 bits per heavy atom. The number of carbonyl (C=O) groups is 2. The standard InChI is InChI=1S/C19H33N5O3S.HI/c1-7-12(4)22-15(25)10-11-21-19(20-8-2)24-14(6)17-23-13(5)16(28-17)18(26)27-9-3;/h12,14H,7-11H2,1-6H3,(H,22,25)(H2,20,21,24);1H. The molecule has 0 saturated heterocycles. The first kappa shape index (κ1) is 27.6. The molecule has 0 radical (unpaired) electrons. The summed E-state index contributed by atoms with van der Waals surface area (Å²) in [6, 6.07) is 0.0308. The number of hydrogen-bond donors (Lipinski definition) is 3. The highest BCUT2D eigenvalue weighted by molar-refractivity contribution is 14.0. The van der Waals surface area contributed by atoms with Gasteiger partial charge in [-0.25, -0.2) is 9.78 Å². The molecule has 0 aromatic carbocycles. The number of guanidine groups is 1. The Morgan fingerprint density at radius 3 is 2.48 bits per heavy atom. The van der Waals surface area contributed by atoms with Crippen LogP contribution in [0.4, 0.5) is 0 Å². The predicted molar refractivity (Wildman–Crippen MR) is 128 cm³/mol. The van der Waals surface area contributed by atoms with Crippen LogP contribution in [0.5, 0.6) is 0 Å². The summed E-state index contributed by atoms with van der Waals surface area (Å²) in [5.41, 5.74) is 0.663. The molecule has 3 N–H and O–H groups in total. The van der Waals surface area contributed by atoms with E-state index in [9.17, 15) is 9.59 Å². The van der Waals surface area contributed by atoms with Crippen LogP contribution in [0.1, 0.15) is 73.9 Å². The number of rotatable bonds is 10. The number of aryl methyl sites for hydroxylation is 1. The van der Waals surface area contributed by atoms with Gasteiger partial charge in [0.25, 0.3) is 0 Å². The normalized spacial score (nSPS) is 13.1. The molecule has 0 aliphatic carbocycles. The Bertz CT molecular complexity index is 681. The fourth-order valence-corrected chi connectivity index (χ4v) is 3.26. The molecular weight excluding hydrogens is 505 g/mol. The molecule has 8 nitrogen and oxygen atoms in total. The highest BCUT2D eigenvalue weighted by atomic mass is 127. The lowest BCUT2D eigenvalue weighted by molar-refractivity contribution is -0.121. The average molecular weight is 539 g/mol. The zero-order valence-electron chi connectivity index (χ0n) is 18.1. The van der Waals surface area contributed by atoms with Crippen LogP contribution >= 0.6 is 35.3 Å². The number of amides is 1. The summed E-state index contributed by atoms with van der Waals surface area (Å²) in [7, 11) is 0. The summed E-state index contributed by atoms with van der Waals surface area (Å²) in [4.78, 5) is 33.3. The molecule has 0 aliphatic heterocycles. The van der Waals surface area contributed by atoms with Crippen LogP contribution in [-0.2, 0) is 9.53 Å². The van der Waals surface area contributed by atoms with Crippen LogP contribution in [0.25, 0.3) is 0 Å². The third-order valence-corrected chi connectivity index (χ3v) is 5.29. The summed E-state index contributed by atoms with van der Waals surface area (Å²) < 4.78 is 5.07. The molecule has 0 fully saturated rings. The van der Waals surface area contributed by atoms with Crippen molar-refractivity contribution in [3.8, 4) is 0 Å². The zero-order valence-corrected chi connectivity index (χ0v) is 21.3. The molecule has 0 spiro atoms. The number of nitrogens with zero attached hydrogens (tertiary/aromatic N) is 2. The summed E-state index contributed by atoms with van der Waals surface area (Å²) in [5.74, 6) is 0.261. The molecule has 1 heterocycles. The third-order valence-electron chi connectivity index (χ3n) is 3.97. The van der Waals surface area contributed by atoms with Crippen LogP contribution in [0.15, 0.2) is 4.99 Å². The van der Waals surface area contributed by atoms with Gasteiger partial charge < -0.3 is 20.7 Å². The van der Waals surface area contributed by atoms with Gasteiger partial charge in [-0.3, -0.25) is 9.79 Å². The maximum atomic E-state index is 12.0. The van der Waals surface area contributed by atoms with Crippen molar-refractivity contribution in [2.24, 2.45) is 4.99 Å². The largest absolute Gasteiger partial charge is 0.462 e. The molecule has 1 amide bonds. The minimum absolute atomic E-state index is 0. The SMILES string of the molecule is CCNC(=NCCC(=O)NC(C)CC)NC(C)c1nc(C)c(C(=O)OCC)s1.I. The van der Waals surface area contributed by atoms with E-state index in [1.54, 1.807) is 13.8 Å². The number of nitrogens with one attached hydrogen (secondary N) is 3. The van der Waals surface area contributed by atoms with E-state index < -0.39 is 0 Å². The van der Waals surface area contributed by atoms with E-state index in [4.69, 9.17) is 4.74 Å². The first-order chi connectivity index (χ1) is 13.3. The summed E-state index contributed by atoms with van der Waals surface area (Å²) in [6.07, 6.45) is 1.23. The van der Waals surface area contributed by atoms with Gasteiger partial charge in [-0.1, -0.05) is 6.92 Å². The van der Waals surface area contributed by atoms with Crippen molar-refractivity contribution in [1.82, 2.24) is 20.9 Å². The smallest absolute Gasteiger partial charge is 0.350 e. The van der Waals surface area contributed by atoms with Crippen LogP contribution in [0.3, 0.4) is 0 Å². The topological polar surface area (TPSA) is 105 Å². The number of ether oxygens (including phenoxy) is 1. The maximum Gasteiger partial charge on any atom is 0.350 e. The fourth-order valence-electron chi connectivity index (χ4n) is 2.29. The molecule has 0 saturated carbocycles. The number of carbonyl (C=O) groups excluding carboxylic acids is 2. The van der Waals surface area contributed by atoms with E-state index in [1.165, 1.54) is 11.3 Å². The lowest BCUT2D eigenvalue weighted by Crippen LogP contribution is -2.39. The number of thiazole rings is 1. The van der Waals surface area contributed by atoms with E-state index in [0.717, 1.165) is 11.4 Å². The highest BCUT2D eigenvalue weighted by Crippen LogP contribution is 2.24. The Labute approximate surface area is 194 Å². The Kier molecular flexibility index (Phi) is 13.8. The monoisotopic (exact) mass is 539 g/mol. The second kappa shape index (κ2) is 14.5. The van der Waals surface area contributed by atoms with E-state index in [1.807, 2.05) is 27.7 Å². The van der Waals surface area contributed by atoms with Crippen molar-refractivity contribution >= 4 is 53.1 Å². The Hall–Kier alpha value is -1.43. The van der Waals surface area contributed by atoms with E-state index in [2.05, 4.69) is 25.9 Å². The van der Waals surface area contributed by atoms with Gasteiger partial charge in [0, 0.05) is 19.0 Å². The minimum atomic E-state index is -0.344. The van der Waals surface area contributed by atoms with Crippen molar-refractivity contribution < 1.29 is 14.3 Å². The molecule has 2 unspecified atom stereocenters. The second-order valence-electron chi connectivity index (χ2n) is 6.44. The summed E-state index contributed by atoms with van der Waals surface area (Å²) >= 11 is 1.32. The summed E-state index contributed by atoms with van der Waals surface area (Å²) in [6.45, 7) is 12.9. The van der Waals surface area contributed by atoms with Gasteiger partial charge in [-0.15, -0.1) is 35.3 Å². The Balaban J connectivity index is 0.00000784. The molecule has 2 atom stereocenters. The molecule has 0 bridgehead atoms. The fraction of sp³-hybridized carbons (Fsp3) is 0.684. The minimum Gasteiger partial charge on any atom is -0.462 e. The Morgan fingerprint density at radius 2 is 1.90 bits per heavy atom. The van der Waals surface area contributed by atoms with Crippen molar-refractivity contribution in [3.05, 3.63) is 15.6 Å². The van der Waals surface area contributed by atoms with Gasteiger partial charge in [0.1, 0.15) is 9.88 Å². The average Bonchev–Trinajstić information content (AvgIpc) is 3.03. The van der Waals surface area contributed by atoms with E-state index in [-0.39, 0.29) is 47.9 Å². The van der Waals surface area contributed by atoms with Crippen LogP contribution in [0, 0.1) is 6.92 Å². The van der Waals surface area contributed by atoms with Gasteiger partial charge in [0.2, 0.25) is 5.91 Å². The van der Waals surface area contributed by atoms with Crippen molar-refractivity contribution in [1.29, 1.82) is 0 Å². The van der Waals surface area contributed by atoms with Crippen molar-refractivity contribution in [2.45, 2.75) is 66.5 Å². The lowest BCUT2D eigenvalue weighted by atomic mass is 10.2. The molecule has 166 valence electrons. The number of aromatic nitrogens is 1. The molecule has 10 heteroatoms. The maximum absolute atomic E-state index is 12.0. The highest BCUT2D eigenvalue weighted by Gasteiger charge is 2.20. The lowest BCUT2D eigenvalue weighted by Gasteiger charge is -2.16. The van der Waals surface area contributed by atoms with Gasteiger partial charge in [0.15, 0.2) is 5.96 Å². The number of hydrogen-bond acceptors (Lipinski definition) is 6. The second-order valence-corrected chi connectivity index (χ2v) is 7.47. The molecule has 1 aromatic heterocycles. The molecule has 1 aromatic rings. The van der Waals surface area contributed by atoms with Gasteiger partial charge in [0.05, 0.1) is 24.9 Å². The quantitative estimate of drug-likeness (QED) is 0.183. The third kappa shape index (κ3) is 9.75. The number of esters is 1. The van der Waals surface area contributed by atoms with Gasteiger partial charge in [-0.2, -0.15) is 0 Å². The molecular formula is C19H34IN5O3S. The van der Waals surface area contributed by atoms with Crippen LogP contribution in [0.2, 0.25) is 0 Å².